The Bertz CT molecular complexity index is 108. The maximum absolute atomic E-state index is 8.87. The predicted molar refractivity (Wildman–Crippen MR) is 46.5 cm³/mol. The molecule has 0 radical (unpaired) electrons. The maximum Gasteiger partial charge on any atom is 0.230 e. The number of nitrogens with two attached hydrogens (primary N) is 2. The van der Waals surface area contributed by atoms with Crippen molar-refractivity contribution in [2.75, 3.05) is 12.3 Å². The Hall–Kier alpha value is 0.500. The number of rotatable bonds is 5. The molecule has 0 heterocycles. The lowest BCUT2D eigenvalue weighted by Gasteiger charge is -2.14. The topological polar surface area (TPSA) is 113 Å². The van der Waals surface area contributed by atoms with E-state index in [1.165, 1.54) is 0 Å². The third-order valence-electron chi connectivity index (χ3n) is 0.652. The lowest BCUT2D eigenvalue weighted by molar-refractivity contribution is -0.133. The molecule has 0 aromatic rings. The van der Waals surface area contributed by atoms with Crippen molar-refractivity contribution in [2.24, 2.45) is 11.5 Å². The summed E-state index contributed by atoms with van der Waals surface area (Å²) in [6.07, 6.45) is 0. The molecule has 0 aliphatic rings. The first-order valence-corrected chi connectivity index (χ1v) is 5.24. The zero-order valence-corrected chi connectivity index (χ0v) is 7.44. The highest BCUT2D eigenvalue weighted by atomic mass is 33.1. The van der Waals surface area contributed by atoms with Crippen LogP contribution in [0.15, 0.2) is 0 Å². The minimum Gasteiger partial charge on any atom is -0.380 e. The lowest BCUT2D eigenvalue weighted by atomic mass is 10.6. The molecule has 0 aliphatic heterocycles. The Labute approximate surface area is 72.5 Å². The first-order valence-electron chi connectivity index (χ1n) is 2.86. The van der Waals surface area contributed by atoms with E-state index < -0.39 is 11.3 Å². The highest BCUT2D eigenvalue weighted by molar-refractivity contribution is 8.76. The van der Waals surface area contributed by atoms with Crippen LogP contribution in [0.5, 0.6) is 0 Å². The van der Waals surface area contributed by atoms with Crippen LogP contribution in [0.2, 0.25) is 0 Å². The zero-order chi connectivity index (χ0) is 8.91. The molecule has 0 saturated carbocycles. The zero-order valence-electron chi connectivity index (χ0n) is 5.80. The Morgan fingerprint density at radius 2 is 2.00 bits per heavy atom. The average Bonchev–Trinajstić information content (AvgIpc) is 1.85. The van der Waals surface area contributed by atoms with Gasteiger partial charge in [0.15, 0.2) is 0 Å². The summed E-state index contributed by atoms with van der Waals surface area (Å²) in [6, 6.07) is 0. The summed E-state index contributed by atoms with van der Waals surface area (Å²) in [5, 5.41) is 26.0. The van der Waals surface area contributed by atoms with Crippen LogP contribution in [0, 0.1) is 0 Å². The Morgan fingerprint density at radius 1 is 1.45 bits per heavy atom. The van der Waals surface area contributed by atoms with Crippen LogP contribution in [0.25, 0.3) is 0 Å². The Balaban J connectivity index is 3.28. The third-order valence-corrected chi connectivity index (χ3v) is 3.17. The van der Waals surface area contributed by atoms with Crippen LogP contribution in [-0.4, -0.2) is 39.0 Å². The summed E-state index contributed by atoms with van der Waals surface area (Å²) in [5.41, 5.74) is 9.22. The van der Waals surface area contributed by atoms with Crippen molar-refractivity contribution in [3.05, 3.63) is 0 Å². The molecule has 0 saturated heterocycles. The molecule has 1 unspecified atom stereocenters. The molecule has 1 atom stereocenters. The van der Waals surface area contributed by atoms with E-state index in [1.54, 1.807) is 0 Å². The Kier molecular flexibility index (Phi) is 5.44. The second-order valence-electron chi connectivity index (χ2n) is 1.93. The molecule has 5 nitrogen and oxygen atoms in total. The van der Waals surface area contributed by atoms with E-state index in [4.69, 9.17) is 26.8 Å². The smallest absolute Gasteiger partial charge is 0.230 e. The van der Waals surface area contributed by atoms with E-state index in [2.05, 4.69) is 0 Å². The van der Waals surface area contributed by atoms with Gasteiger partial charge in [-0.05, 0) is 0 Å². The van der Waals surface area contributed by atoms with Gasteiger partial charge in [-0.2, -0.15) is 0 Å². The van der Waals surface area contributed by atoms with Crippen LogP contribution in [0.1, 0.15) is 0 Å². The first-order chi connectivity index (χ1) is 4.95. The van der Waals surface area contributed by atoms with Gasteiger partial charge in [0.25, 0.3) is 0 Å². The van der Waals surface area contributed by atoms with Gasteiger partial charge in [-0.15, -0.1) is 0 Å². The molecule has 0 bridgehead atoms. The van der Waals surface area contributed by atoms with Gasteiger partial charge in [0.2, 0.25) is 5.91 Å². The second-order valence-corrected chi connectivity index (χ2v) is 4.47. The van der Waals surface area contributed by atoms with Crippen molar-refractivity contribution in [3.63, 3.8) is 0 Å². The van der Waals surface area contributed by atoms with E-state index in [-0.39, 0.29) is 12.3 Å². The van der Waals surface area contributed by atoms with Crippen molar-refractivity contribution >= 4 is 21.6 Å². The number of aliphatic hydroxyl groups excluding tert-OH is 1. The fraction of sp³-hybridized carbons (Fsp3) is 1.00. The number of aliphatic hydroxyl groups is 3. The molecule has 0 aromatic heterocycles. The van der Waals surface area contributed by atoms with Gasteiger partial charge < -0.3 is 21.1 Å². The van der Waals surface area contributed by atoms with Gasteiger partial charge in [0.05, 0.1) is 5.75 Å². The van der Waals surface area contributed by atoms with Gasteiger partial charge in [-0.1, -0.05) is 21.6 Å². The Morgan fingerprint density at radius 3 is 2.36 bits per heavy atom. The van der Waals surface area contributed by atoms with Crippen LogP contribution >= 0.6 is 21.6 Å². The van der Waals surface area contributed by atoms with E-state index in [9.17, 15) is 0 Å². The molecule has 0 amide bonds. The van der Waals surface area contributed by atoms with Crippen LogP contribution in [-0.2, 0) is 0 Å². The van der Waals surface area contributed by atoms with Crippen molar-refractivity contribution in [1.82, 2.24) is 0 Å². The van der Waals surface area contributed by atoms with Gasteiger partial charge >= 0.3 is 0 Å². The molecule has 7 N–H and O–H groups in total. The second kappa shape index (κ2) is 5.20. The third kappa shape index (κ3) is 8.41. The normalized spacial score (nSPS) is 15.0. The van der Waals surface area contributed by atoms with Crippen molar-refractivity contribution in [2.45, 2.75) is 11.3 Å². The summed E-state index contributed by atoms with van der Waals surface area (Å²) >= 11 is 0. The highest BCUT2D eigenvalue weighted by Crippen LogP contribution is 2.26. The van der Waals surface area contributed by atoms with Crippen molar-refractivity contribution in [3.8, 4) is 0 Å². The summed E-state index contributed by atoms with van der Waals surface area (Å²) in [5.74, 6) is -2.25. The molecule has 0 aliphatic carbocycles. The molecule has 0 rings (SSSR count). The molecule has 7 heteroatoms. The molecule has 0 fully saturated rings. The molecule has 0 aromatic carbocycles. The summed E-state index contributed by atoms with van der Waals surface area (Å²) in [7, 11) is 2.11. The van der Waals surface area contributed by atoms with Crippen LogP contribution < -0.4 is 11.5 Å². The number of hydrogen-bond acceptors (Lipinski definition) is 7. The van der Waals surface area contributed by atoms with Crippen LogP contribution in [0.4, 0.5) is 0 Å². The van der Waals surface area contributed by atoms with Crippen molar-refractivity contribution < 1.29 is 15.3 Å². The van der Waals surface area contributed by atoms with E-state index in [1.807, 2.05) is 0 Å². The predicted octanol–water partition coefficient (Wildman–Crippen LogP) is -1.76. The molecule has 68 valence electrons. The largest absolute Gasteiger partial charge is 0.380 e. The van der Waals surface area contributed by atoms with E-state index in [0.717, 1.165) is 21.6 Å². The lowest BCUT2D eigenvalue weighted by Crippen LogP contribution is -2.41. The highest BCUT2D eigenvalue weighted by Gasteiger charge is 2.16. The average molecular weight is 200 g/mol. The first kappa shape index (κ1) is 11.5. The standard InChI is InChI=1S/C4H12N2O3S2/c5-1-3(7)11-10-2-4(6,8)9/h3,7-9H,1-2,5-6H2. The SMILES string of the molecule is NCC(O)SSCC(N)(O)O. The summed E-state index contributed by atoms with van der Waals surface area (Å²) < 4.78 is 0. The monoisotopic (exact) mass is 200 g/mol. The van der Waals surface area contributed by atoms with Gasteiger partial charge in [0.1, 0.15) is 5.44 Å². The molecule has 11 heavy (non-hydrogen) atoms. The molecular weight excluding hydrogens is 188 g/mol. The fourth-order valence-corrected chi connectivity index (χ4v) is 2.15. The maximum atomic E-state index is 8.87. The fourth-order valence-electron chi connectivity index (χ4n) is 0.239. The summed E-state index contributed by atoms with van der Waals surface area (Å²) in [4.78, 5) is 0. The van der Waals surface area contributed by atoms with Crippen molar-refractivity contribution in [1.29, 1.82) is 0 Å². The van der Waals surface area contributed by atoms with Crippen LogP contribution in [0.3, 0.4) is 0 Å². The quantitative estimate of drug-likeness (QED) is 0.264. The minimum atomic E-state index is -2.17. The number of hydrogen-bond donors (Lipinski definition) is 5. The van der Waals surface area contributed by atoms with Gasteiger partial charge in [-0.25, -0.2) is 0 Å². The van der Waals surface area contributed by atoms with E-state index in [0.29, 0.717) is 0 Å². The molecule has 0 spiro atoms. The van der Waals surface area contributed by atoms with Gasteiger partial charge in [0, 0.05) is 6.54 Å². The van der Waals surface area contributed by atoms with Gasteiger partial charge in [-0.3, -0.25) is 5.73 Å². The van der Waals surface area contributed by atoms with E-state index >= 15 is 0 Å². The molecular formula is C4H12N2O3S2. The summed E-state index contributed by atoms with van der Waals surface area (Å²) in [6.45, 7) is 0.131. The minimum absolute atomic E-state index is 0.0747.